The van der Waals surface area contributed by atoms with E-state index in [9.17, 15) is 14.4 Å². The fraction of sp³-hybridized carbons (Fsp3) is 0.942. The van der Waals surface area contributed by atoms with Crippen LogP contribution in [0.3, 0.4) is 0 Å². The third-order valence-electron chi connectivity index (χ3n) is 11.9. The zero-order valence-corrected chi connectivity index (χ0v) is 39.3. The first kappa shape index (κ1) is 56.4. The number of hydrogen-bond acceptors (Lipinski definition) is 6. The van der Waals surface area contributed by atoms with Gasteiger partial charge in [-0.3, -0.25) is 14.4 Å². The molecule has 0 aromatic carbocycles. The minimum Gasteiger partial charge on any atom is -0.462 e. The molecule has 0 aliphatic rings. The lowest BCUT2D eigenvalue weighted by Gasteiger charge is -2.18. The number of esters is 3. The first-order valence-electron chi connectivity index (χ1n) is 26.0. The molecule has 0 aromatic heterocycles. The lowest BCUT2D eigenvalue weighted by Crippen LogP contribution is -2.30. The van der Waals surface area contributed by atoms with Crippen LogP contribution in [-0.2, 0) is 28.6 Å². The Hall–Kier alpha value is -1.59. The summed E-state index contributed by atoms with van der Waals surface area (Å²) in [7, 11) is 0. The second-order valence-electron chi connectivity index (χ2n) is 17.8. The van der Waals surface area contributed by atoms with E-state index >= 15 is 0 Å². The molecular weight excluding hydrogens is 721 g/mol. The van der Waals surface area contributed by atoms with E-state index in [1.807, 2.05) is 0 Å². The molecule has 0 radical (unpaired) electrons. The SMILES string of the molecule is CCCCCCCCCCCCCCCCCC(=O)OC[C@H](COC(=O)CCCCCCCCCCCCCC)OC(=O)CCCCCCCCCCCCCCC. The minimum atomic E-state index is -0.759. The van der Waals surface area contributed by atoms with Crippen molar-refractivity contribution in [3.8, 4) is 0 Å². The summed E-state index contributed by atoms with van der Waals surface area (Å²) in [5.74, 6) is -0.840. The van der Waals surface area contributed by atoms with Gasteiger partial charge in [0, 0.05) is 19.3 Å². The highest BCUT2D eigenvalue weighted by atomic mass is 16.6. The molecule has 0 aliphatic carbocycles. The Morgan fingerprint density at radius 2 is 0.466 bits per heavy atom. The Morgan fingerprint density at radius 1 is 0.276 bits per heavy atom. The summed E-state index contributed by atoms with van der Waals surface area (Å²) >= 11 is 0. The van der Waals surface area contributed by atoms with Crippen LogP contribution in [0.5, 0.6) is 0 Å². The average Bonchev–Trinajstić information content (AvgIpc) is 3.22. The molecule has 0 amide bonds. The zero-order chi connectivity index (χ0) is 42.3. The van der Waals surface area contributed by atoms with Crippen molar-refractivity contribution in [3.05, 3.63) is 0 Å². The van der Waals surface area contributed by atoms with Crippen molar-refractivity contribution in [3.63, 3.8) is 0 Å². The first-order valence-corrected chi connectivity index (χ1v) is 26.0. The molecule has 0 bridgehead atoms. The van der Waals surface area contributed by atoms with Crippen LogP contribution in [0.1, 0.15) is 297 Å². The van der Waals surface area contributed by atoms with Crippen molar-refractivity contribution >= 4 is 17.9 Å². The molecule has 0 aromatic rings. The van der Waals surface area contributed by atoms with Crippen LogP contribution in [0, 0.1) is 0 Å². The number of ether oxygens (including phenoxy) is 3. The maximum absolute atomic E-state index is 12.8. The van der Waals surface area contributed by atoms with Gasteiger partial charge in [-0.05, 0) is 19.3 Å². The smallest absolute Gasteiger partial charge is 0.306 e. The van der Waals surface area contributed by atoms with E-state index < -0.39 is 6.10 Å². The lowest BCUT2D eigenvalue weighted by molar-refractivity contribution is -0.167. The molecule has 344 valence electrons. The Balaban J connectivity index is 4.30. The third-order valence-corrected chi connectivity index (χ3v) is 11.9. The van der Waals surface area contributed by atoms with Crippen LogP contribution in [0.2, 0.25) is 0 Å². The van der Waals surface area contributed by atoms with E-state index in [1.165, 1.54) is 199 Å². The maximum Gasteiger partial charge on any atom is 0.306 e. The predicted octanol–water partition coefficient (Wildman–Crippen LogP) is 16.8. The van der Waals surface area contributed by atoms with Gasteiger partial charge in [0.05, 0.1) is 0 Å². The molecule has 58 heavy (non-hydrogen) atoms. The second-order valence-corrected chi connectivity index (χ2v) is 17.8. The van der Waals surface area contributed by atoms with Gasteiger partial charge in [0.1, 0.15) is 13.2 Å². The topological polar surface area (TPSA) is 78.9 Å². The highest BCUT2D eigenvalue weighted by Crippen LogP contribution is 2.17. The normalized spacial score (nSPS) is 11.8. The summed E-state index contributed by atoms with van der Waals surface area (Å²) in [5.41, 5.74) is 0. The number of unbranched alkanes of at least 4 members (excludes halogenated alkanes) is 37. The second kappa shape index (κ2) is 48.1. The number of carbonyl (C=O) groups excluding carboxylic acids is 3. The van der Waals surface area contributed by atoms with Crippen LogP contribution in [0.15, 0.2) is 0 Å². The number of carbonyl (C=O) groups is 3. The van der Waals surface area contributed by atoms with Crippen molar-refractivity contribution in [2.24, 2.45) is 0 Å². The fourth-order valence-electron chi connectivity index (χ4n) is 7.92. The van der Waals surface area contributed by atoms with Crippen LogP contribution in [0.25, 0.3) is 0 Å². The fourth-order valence-corrected chi connectivity index (χ4v) is 7.92. The summed E-state index contributed by atoms with van der Waals surface area (Å²) in [4.78, 5) is 37.9. The molecule has 0 saturated carbocycles. The lowest BCUT2D eigenvalue weighted by atomic mass is 10.0. The third kappa shape index (κ3) is 45.5. The van der Waals surface area contributed by atoms with Crippen LogP contribution < -0.4 is 0 Å². The van der Waals surface area contributed by atoms with Crippen LogP contribution >= 0.6 is 0 Å². The molecule has 0 N–H and O–H groups in total. The minimum absolute atomic E-state index is 0.0617. The molecule has 0 saturated heterocycles. The molecule has 0 fully saturated rings. The molecule has 0 unspecified atom stereocenters. The van der Waals surface area contributed by atoms with E-state index in [1.54, 1.807) is 0 Å². The molecule has 6 nitrogen and oxygen atoms in total. The van der Waals surface area contributed by atoms with Crippen molar-refractivity contribution in [2.45, 2.75) is 303 Å². The zero-order valence-electron chi connectivity index (χ0n) is 39.3. The summed E-state index contributed by atoms with van der Waals surface area (Å²) < 4.78 is 16.8. The Bertz CT molecular complexity index is 859. The van der Waals surface area contributed by atoms with Gasteiger partial charge >= 0.3 is 17.9 Å². The van der Waals surface area contributed by atoms with E-state index in [4.69, 9.17) is 14.2 Å². The summed E-state index contributed by atoms with van der Waals surface area (Å²) in [6.07, 6.45) is 50.8. The van der Waals surface area contributed by atoms with Crippen molar-refractivity contribution in [1.82, 2.24) is 0 Å². The van der Waals surface area contributed by atoms with Crippen LogP contribution in [0.4, 0.5) is 0 Å². The maximum atomic E-state index is 12.8. The summed E-state index contributed by atoms with van der Waals surface area (Å²) in [6, 6.07) is 0. The quantitative estimate of drug-likeness (QED) is 0.0346. The van der Waals surface area contributed by atoms with E-state index in [-0.39, 0.29) is 31.1 Å². The van der Waals surface area contributed by atoms with Gasteiger partial charge in [0.15, 0.2) is 6.10 Å². The average molecular weight is 821 g/mol. The summed E-state index contributed by atoms with van der Waals surface area (Å²) in [6.45, 7) is 6.68. The highest BCUT2D eigenvalue weighted by molar-refractivity contribution is 5.71. The molecule has 1 atom stereocenters. The standard InChI is InChI=1S/C52H100O6/c1-4-7-10-13-16-19-22-25-26-28-30-33-36-39-42-45-51(54)57-48-49(47-56-50(53)44-41-38-35-32-29-24-21-18-15-12-9-6-3)58-52(55)46-43-40-37-34-31-27-23-20-17-14-11-8-5-2/h49H,4-48H2,1-3H3/t49-/m0/s1. The Morgan fingerprint density at radius 3 is 0.690 bits per heavy atom. The van der Waals surface area contributed by atoms with Crippen molar-refractivity contribution in [1.29, 1.82) is 0 Å². The van der Waals surface area contributed by atoms with E-state index in [0.29, 0.717) is 19.3 Å². The van der Waals surface area contributed by atoms with Gasteiger partial charge in [-0.2, -0.15) is 0 Å². The van der Waals surface area contributed by atoms with Gasteiger partial charge in [-0.15, -0.1) is 0 Å². The highest BCUT2D eigenvalue weighted by Gasteiger charge is 2.19. The van der Waals surface area contributed by atoms with Gasteiger partial charge < -0.3 is 14.2 Å². The number of rotatable bonds is 48. The Kier molecular flexibility index (Phi) is 46.8. The molecular formula is C52H100O6. The largest absolute Gasteiger partial charge is 0.462 e. The number of hydrogen-bond donors (Lipinski definition) is 0. The van der Waals surface area contributed by atoms with Gasteiger partial charge in [0.2, 0.25) is 0 Å². The monoisotopic (exact) mass is 821 g/mol. The molecule has 6 heteroatoms. The predicted molar refractivity (Wildman–Crippen MR) is 247 cm³/mol. The van der Waals surface area contributed by atoms with E-state index in [2.05, 4.69) is 20.8 Å². The van der Waals surface area contributed by atoms with Crippen LogP contribution in [-0.4, -0.2) is 37.2 Å². The Labute approximate surface area is 361 Å². The first-order chi connectivity index (χ1) is 28.5. The molecule has 0 aliphatic heterocycles. The van der Waals surface area contributed by atoms with Gasteiger partial charge in [0.25, 0.3) is 0 Å². The molecule has 0 spiro atoms. The van der Waals surface area contributed by atoms with Crippen molar-refractivity contribution in [2.75, 3.05) is 13.2 Å². The van der Waals surface area contributed by atoms with Gasteiger partial charge in [-0.25, -0.2) is 0 Å². The molecule has 0 rings (SSSR count). The molecule has 0 heterocycles. The van der Waals surface area contributed by atoms with Crippen molar-refractivity contribution < 1.29 is 28.6 Å². The van der Waals surface area contributed by atoms with E-state index in [0.717, 1.165) is 57.8 Å². The van der Waals surface area contributed by atoms with Gasteiger partial charge in [-0.1, -0.05) is 258 Å². The summed E-state index contributed by atoms with van der Waals surface area (Å²) in [5, 5.41) is 0.